The minimum atomic E-state index is -3.66. The van der Waals surface area contributed by atoms with E-state index in [0.29, 0.717) is 37.4 Å². The Morgan fingerprint density at radius 2 is 1.55 bits per heavy atom. The molecule has 3 aromatic rings. The predicted octanol–water partition coefficient (Wildman–Crippen LogP) is 3.60. The fourth-order valence-electron chi connectivity index (χ4n) is 3.72. The lowest BCUT2D eigenvalue weighted by molar-refractivity contribution is 0.102. The van der Waals surface area contributed by atoms with Crippen molar-refractivity contribution in [2.45, 2.75) is 4.90 Å². The number of amides is 1. The van der Waals surface area contributed by atoms with E-state index >= 15 is 0 Å². The summed E-state index contributed by atoms with van der Waals surface area (Å²) in [6.45, 7) is 1.80. The Morgan fingerprint density at radius 3 is 2.18 bits per heavy atom. The Bertz CT molecular complexity index is 1220. The molecule has 9 heteroatoms. The first-order valence-corrected chi connectivity index (χ1v) is 11.9. The van der Waals surface area contributed by atoms with E-state index in [1.807, 2.05) is 24.3 Å². The second-order valence-corrected chi connectivity index (χ2v) is 9.49. The maximum Gasteiger partial charge on any atom is 0.255 e. The summed E-state index contributed by atoms with van der Waals surface area (Å²) in [4.78, 5) is 14.5. The first kappa shape index (κ1) is 22.8. The van der Waals surface area contributed by atoms with Crippen LogP contribution in [0.5, 0.6) is 5.75 Å². The number of halogens is 1. The quantitative estimate of drug-likeness (QED) is 0.597. The third kappa shape index (κ3) is 4.99. The van der Waals surface area contributed by atoms with Crippen molar-refractivity contribution in [1.82, 2.24) is 4.31 Å². The van der Waals surface area contributed by atoms with E-state index in [1.165, 1.54) is 40.7 Å². The zero-order chi connectivity index (χ0) is 23.4. The number of methoxy groups -OCH3 is 1. The lowest BCUT2D eigenvalue weighted by Gasteiger charge is -2.35. The van der Waals surface area contributed by atoms with Gasteiger partial charge in [-0.2, -0.15) is 4.31 Å². The van der Waals surface area contributed by atoms with Gasteiger partial charge in [0, 0.05) is 37.4 Å². The highest BCUT2D eigenvalue weighted by Gasteiger charge is 2.29. The Labute approximate surface area is 192 Å². The molecule has 0 saturated carbocycles. The van der Waals surface area contributed by atoms with Crippen LogP contribution in [0.2, 0.25) is 0 Å². The average molecular weight is 470 g/mol. The van der Waals surface area contributed by atoms with Crippen molar-refractivity contribution in [1.29, 1.82) is 0 Å². The highest BCUT2D eigenvalue weighted by molar-refractivity contribution is 7.89. The number of piperazine rings is 1. The number of para-hydroxylation sites is 2. The van der Waals surface area contributed by atoms with Gasteiger partial charge < -0.3 is 15.0 Å². The summed E-state index contributed by atoms with van der Waals surface area (Å²) in [5.74, 6) is -0.0741. The van der Waals surface area contributed by atoms with E-state index in [0.717, 1.165) is 11.4 Å². The number of hydrogen-bond acceptors (Lipinski definition) is 5. The van der Waals surface area contributed by atoms with Crippen LogP contribution in [0.4, 0.5) is 15.8 Å². The zero-order valence-electron chi connectivity index (χ0n) is 18.1. The largest absolute Gasteiger partial charge is 0.495 e. The van der Waals surface area contributed by atoms with Gasteiger partial charge in [0.15, 0.2) is 0 Å². The van der Waals surface area contributed by atoms with Crippen LogP contribution in [-0.4, -0.2) is 51.9 Å². The third-order valence-corrected chi connectivity index (χ3v) is 7.43. The van der Waals surface area contributed by atoms with Gasteiger partial charge in [0.25, 0.3) is 5.91 Å². The summed E-state index contributed by atoms with van der Waals surface area (Å²) < 4.78 is 46.1. The molecule has 1 N–H and O–H groups in total. The third-order valence-electron chi connectivity index (χ3n) is 5.52. The van der Waals surface area contributed by atoms with Crippen molar-refractivity contribution in [2.75, 3.05) is 43.5 Å². The molecule has 1 fully saturated rings. The molecule has 4 rings (SSSR count). The summed E-state index contributed by atoms with van der Waals surface area (Å²) in [5, 5.41) is 2.68. The van der Waals surface area contributed by atoms with Gasteiger partial charge in [-0.3, -0.25) is 4.79 Å². The summed E-state index contributed by atoms with van der Waals surface area (Å²) in [6.07, 6.45) is 0. The van der Waals surface area contributed by atoms with Crippen LogP contribution in [0.15, 0.2) is 77.7 Å². The summed E-state index contributed by atoms with van der Waals surface area (Å²) in [5.41, 5.74) is 1.70. The first-order chi connectivity index (χ1) is 15.9. The number of carbonyl (C=O) groups excluding carboxylic acids is 1. The van der Waals surface area contributed by atoms with Crippen molar-refractivity contribution in [3.63, 3.8) is 0 Å². The molecule has 0 spiro atoms. The highest BCUT2D eigenvalue weighted by Crippen LogP contribution is 2.29. The Hall–Kier alpha value is -3.43. The smallest absolute Gasteiger partial charge is 0.255 e. The summed E-state index contributed by atoms with van der Waals surface area (Å²) in [7, 11) is -2.05. The first-order valence-electron chi connectivity index (χ1n) is 10.4. The maximum atomic E-state index is 13.1. The second kappa shape index (κ2) is 9.60. The molecular formula is C24H24FN3O4S. The van der Waals surface area contributed by atoms with Gasteiger partial charge in [-0.1, -0.05) is 12.1 Å². The zero-order valence-corrected chi connectivity index (χ0v) is 18.9. The second-order valence-electron chi connectivity index (χ2n) is 7.55. The Balaban J connectivity index is 1.40. The lowest BCUT2D eigenvalue weighted by Crippen LogP contribution is -2.48. The van der Waals surface area contributed by atoms with Crippen molar-refractivity contribution in [3.05, 3.63) is 84.2 Å². The molecule has 172 valence electrons. The Kier molecular flexibility index (Phi) is 6.62. The number of sulfonamides is 1. The van der Waals surface area contributed by atoms with E-state index in [4.69, 9.17) is 4.74 Å². The van der Waals surface area contributed by atoms with Gasteiger partial charge in [-0.05, 0) is 60.7 Å². The molecule has 0 unspecified atom stereocenters. The number of rotatable bonds is 6. The van der Waals surface area contributed by atoms with Gasteiger partial charge in [0.05, 0.1) is 17.7 Å². The average Bonchev–Trinajstić information content (AvgIpc) is 2.85. The molecule has 0 radical (unpaired) electrons. The normalized spacial score (nSPS) is 14.7. The molecule has 1 saturated heterocycles. The number of benzene rings is 3. The van der Waals surface area contributed by atoms with E-state index in [-0.39, 0.29) is 4.90 Å². The van der Waals surface area contributed by atoms with Crippen LogP contribution in [0.1, 0.15) is 10.4 Å². The SMILES string of the molecule is COc1ccccc1N1CCN(S(=O)(=O)c2ccc(NC(=O)c3ccc(F)cc3)cc2)CC1. The minimum Gasteiger partial charge on any atom is -0.495 e. The molecule has 3 aromatic carbocycles. The van der Waals surface area contributed by atoms with Crippen LogP contribution in [0.25, 0.3) is 0 Å². The number of ether oxygens (including phenoxy) is 1. The topological polar surface area (TPSA) is 79.0 Å². The highest BCUT2D eigenvalue weighted by atomic mass is 32.2. The van der Waals surface area contributed by atoms with Crippen LogP contribution in [-0.2, 0) is 10.0 Å². The molecule has 7 nitrogen and oxygen atoms in total. The van der Waals surface area contributed by atoms with Crippen LogP contribution < -0.4 is 15.0 Å². The van der Waals surface area contributed by atoms with Gasteiger partial charge in [0.1, 0.15) is 11.6 Å². The molecular weight excluding hydrogens is 445 g/mol. The van der Waals surface area contributed by atoms with Gasteiger partial charge in [0.2, 0.25) is 10.0 Å². The number of nitrogens with one attached hydrogen (secondary N) is 1. The molecule has 0 aromatic heterocycles. The van der Waals surface area contributed by atoms with Gasteiger partial charge in [-0.15, -0.1) is 0 Å². The standard InChI is InChI=1S/C24H24FN3O4S/c1-32-23-5-3-2-4-22(23)27-14-16-28(17-15-27)33(30,31)21-12-10-20(11-13-21)26-24(29)18-6-8-19(25)9-7-18/h2-13H,14-17H2,1H3,(H,26,29). The summed E-state index contributed by atoms with van der Waals surface area (Å²) >= 11 is 0. The molecule has 0 aliphatic carbocycles. The Morgan fingerprint density at radius 1 is 0.909 bits per heavy atom. The molecule has 0 bridgehead atoms. The number of hydrogen-bond donors (Lipinski definition) is 1. The van der Waals surface area contributed by atoms with E-state index in [2.05, 4.69) is 10.2 Å². The number of nitrogens with zero attached hydrogens (tertiary/aromatic N) is 2. The fraction of sp³-hybridized carbons (Fsp3) is 0.208. The van der Waals surface area contributed by atoms with Crippen molar-refractivity contribution >= 4 is 27.3 Å². The molecule has 0 atom stereocenters. The number of anilines is 2. The van der Waals surface area contributed by atoms with Crippen molar-refractivity contribution in [2.24, 2.45) is 0 Å². The molecule has 1 aliphatic rings. The monoisotopic (exact) mass is 469 g/mol. The van der Waals surface area contributed by atoms with Crippen LogP contribution in [0, 0.1) is 5.82 Å². The van der Waals surface area contributed by atoms with Gasteiger partial charge in [-0.25, -0.2) is 12.8 Å². The van der Waals surface area contributed by atoms with Gasteiger partial charge >= 0.3 is 0 Å². The molecule has 1 heterocycles. The van der Waals surface area contributed by atoms with Crippen molar-refractivity contribution in [3.8, 4) is 5.75 Å². The molecule has 1 amide bonds. The van der Waals surface area contributed by atoms with Crippen LogP contribution >= 0.6 is 0 Å². The van der Waals surface area contributed by atoms with Crippen LogP contribution in [0.3, 0.4) is 0 Å². The van der Waals surface area contributed by atoms with E-state index < -0.39 is 21.7 Å². The van der Waals surface area contributed by atoms with E-state index in [1.54, 1.807) is 19.2 Å². The minimum absolute atomic E-state index is 0.160. The predicted molar refractivity (Wildman–Crippen MR) is 125 cm³/mol. The summed E-state index contributed by atoms with van der Waals surface area (Å²) in [6, 6.07) is 18.9. The molecule has 33 heavy (non-hydrogen) atoms. The lowest BCUT2D eigenvalue weighted by atomic mass is 10.2. The molecule has 1 aliphatic heterocycles. The fourth-order valence-corrected chi connectivity index (χ4v) is 5.15. The maximum absolute atomic E-state index is 13.1. The number of carbonyl (C=O) groups is 1. The van der Waals surface area contributed by atoms with E-state index in [9.17, 15) is 17.6 Å². The van der Waals surface area contributed by atoms with Crippen molar-refractivity contribution < 1.29 is 22.3 Å².